The second-order valence-corrected chi connectivity index (χ2v) is 6.02. The van der Waals surface area contributed by atoms with E-state index in [0.717, 1.165) is 19.7 Å². The Hall–Kier alpha value is -0.160. The zero-order valence-corrected chi connectivity index (χ0v) is 12.7. The second kappa shape index (κ2) is 8.20. The van der Waals surface area contributed by atoms with Gasteiger partial charge in [-0.2, -0.15) is 0 Å². The van der Waals surface area contributed by atoms with E-state index in [4.69, 9.17) is 4.74 Å². The van der Waals surface area contributed by atoms with Crippen LogP contribution in [0, 0.1) is 0 Å². The van der Waals surface area contributed by atoms with Gasteiger partial charge < -0.3 is 15.0 Å². The van der Waals surface area contributed by atoms with Gasteiger partial charge in [-0.05, 0) is 32.7 Å². The highest BCUT2D eigenvalue weighted by Crippen LogP contribution is 2.11. The molecule has 0 aromatic rings. The van der Waals surface area contributed by atoms with Gasteiger partial charge in [0, 0.05) is 51.9 Å². The Balaban J connectivity index is 1.57. The van der Waals surface area contributed by atoms with E-state index in [1.165, 1.54) is 52.0 Å². The van der Waals surface area contributed by atoms with Gasteiger partial charge in [-0.1, -0.05) is 6.92 Å². The molecule has 2 heterocycles. The first kappa shape index (κ1) is 15.2. The third-order valence-corrected chi connectivity index (χ3v) is 4.41. The first-order valence-corrected chi connectivity index (χ1v) is 8.08. The maximum atomic E-state index is 5.64. The number of hydrogen-bond donors (Lipinski definition) is 1. The van der Waals surface area contributed by atoms with Crippen LogP contribution in [0.1, 0.15) is 33.1 Å². The lowest BCUT2D eigenvalue weighted by atomic mass is 10.2. The third-order valence-electron chi connectivity index (χ3n) is 4.41. The number of rotatable bonds is 7. The van der Waals surface area contributed by atoms with Crippen LogP contribution in [0.4, 0.5) is 0 Å². The van der Waals surface area contributed by atoms with Crippen molar-refractivity contribution in [3.63, 3.8) is 0 Å². The van der Waals surface area contributed by atoms with E-state index in [-0.39, 0.29) is 0 Å². The van der Waals surface area contributed by atoms with Crippen molar-refractivity contribution in [3.8, 4) is 0 Å². The van der Waals surface area contributed by atoms with Crippen LogP contribution < -0.4 is 5.32 Å². The van der Waals surface area contributed by atoms with Crippen LogP contribution in [0.15, 0.2) is 0 Å². The SMILES string of the molecule is CCCN1CCN(C(C)CNCC2CCCO2)CC1. The van der Waals surface area contributed by atoms with E-state index in [1.807, 2.05) is 0 Å². The molecule has 2 aliphatic rings. The molecule has 4 nitrogen and oxygen atoms in total. The van der Waals surface area contributed by atoms with Crippen molar-refractivity contribution in [3.05, 3.63) is 0 Å². The summed E-state index contributed by atoms with van der Waals surface area (Å²) in [6.07, 6.45) is 4.21. The molecule has 2 rings (SSSR count). The van der Waals surface area contributed by atoms with Crippen molar-refractivity contribution in [2.24, 2.45) is 0 Å². The number of nitrogens with one attached hydrogen (secondary N) is 1. The third kappa shape index (κ3) is 5.03. The highest BCUT2D eigenvalue weighted by molar-refractivity contribution is 4.78. The monoisotopic (exact) mass is 269 g/mol. The Kier molecular flexibility index (Phi) is 6.57. The molecule has 0 radical (unpaired) electrons. The molecule has 0 aromatic carbocycles. The number of hydrogen-bond acceptors (Lipinski definition) is 4. The van der Waals surface area contributed by atoms with Crippen molar-refractivity contribution in [2.75, 3.05) is 52.4 Å². The summed E-state index contributed by atoms with van der Waals surface area (Å²) in [5, 5.41) is 3.58. The van der Waals surface area contributed by atoms with Crippen molar-refractivity contribution in [2.45, 2.75) is 45.3 Å². The minimum absolute atomic E-state index is 0.466. The van der Waals surface area contributed by atoms with Crippen molar-refractivity contribution in [1.29, 1.82) is 0 Å². The minimum atomic E-state index is 0.466. The number of nitrogens with zero attached hydrogens (tertiary/aromatic N) is 2. The van der Waals surface area contributed by atoms with Crippen molar-refractivity contribution in [1.82, 2.24) is 15.1 Å². The zero-order valence-electron chi connectivity index (χ0n) is 12.7. The molecule has 0 amide bonds. The predicted molar refractivity (Wildman–Crippen MR) is 79.6 cm³/mol. The summed E-state index contributed by atoms with van der Waals surface area (Å²) in [5.41, 5.74) is 0. The summed E-state index contributed by atoms with van der Waals surface area (Å²) in [5.74, 6) is 0. The van der Waals surface area contributed by atoms with Gasteiger partial charge in [0.15, 0.2) is 0 Å². The van der Waals surface area contributed by atoms with Crippen LogP contribution in [0.25, 0.3) is 0 Å². The van der Waals surface area contributed by atoms with E-state index in [1.54, 1.807) is 0 Å². The highest BCUT2D eigenvalue weighted by atomic mass is 16.5. The van der Waals surface area contributed by atoms with E-state index >= 15 is 0 Å². The molecule has 0 spiro atoms. The van der Waals surface area contributed by atoms with E-state index in [9.17, 15) is 0 Å². The minimum Gasteiger partial charge on any atom is -0.377 e. The summed E-state index contributed by atoms with van der Waals surface area (Å²) in [4.78, 5) is 5.21. The fourth-order valence-electron chi connectivity index (χ4n) is 3.13. The lowest BCUT2D eigenvalue weighted by molar-refractivity contribution is 0.0916. The van der Waals surface area contributed by atoms with Crippen LogP contribution in [-0.4, -0.2) is 74.4 Å². The lowest BCUT2D eigenvalue weighted by Gasteiger charge is -2.38. The Bertz CT molecular complexity index is 236. The second-order valence-electron chi connectivity index (χ2n) is 6.02. The number of piperazine rings is 1. The van der Waals surface area contributed by atoms with Gasteiger partial charge in [0.2, 0.25) is 0 Å². The molecule has 0 saturated carbocycles. The summed E-state index contributed by atoms with van der Waals surface area (Å²) in [6, 6.07) is 0.644. The predicted octanol–water partition coefficient (Wildman–Crippen LogP) is 1.17. The molecule has 2 unspecified atom stereocenters. The Morgan fingerprint density at radius 3 is 2.68 bits per heavy atom. The van der Waals surface area contributed by atoms with Crippen LogP contribution in [0.3, 0.4) is 0 Å². The first-order valence-electron chi connectivity index (χ1n) is 8.08. The Morgan fingerprint density at radius 1 is 1.26 bits per heavy atom. The van der Waals surface area contributed by atoms with Crippen LogP contribution >= 0.6 is 0 Å². The summed E-state index contributed by atoms with van der Waals surface area (Å²) >= 11 is 0. The van der Waals surface area contributed by atoms with Crippen molar-refractivity contribution >= 4 is 0 Å². The molecule has 2 fully saturated rings. The molecule has 0 bridgehead atoms. The molecule has 1 N–H and O–H groups in total. The molecular formula is C15H31N3O. The molecular weight excluding hydrogens is 238 g/mol. The number of ether oxygens (including phenoxy) is 1. The van der Waals surface area contributed by atoms with Gasteiger partial charge in [-0.25, -0.2) is 0 Å². The van der Waals surface area contributed by atoms with Crippen molar-refractivity contribution < 1.29 is 4.74 Å². The topological polar surface area (TPSA) is 27.7 Å². The molecule has 0 aromatic heterocycles. The first-order chi connectivity index (χ1) is 9.29. The normalized spacial score (nSPS) is 27.8. The summed E-state index contributed by atoms with van der Waals surface area (Å²) < 4.78 is 5.64. The van der Waals surface area contributed by atoms with Gasteiger partial charge in [0.25, 0.3) is 0 Å². The zero-order chi connectivity index (χ0) is 13.5. The fourth-order valence-corrected chi connectivity index (χ4v) is 3.13. The van der Waals surface area contributed by atoms with Gasteiger partial charge in [0.1, 0.15) is 0 Å². The molecule has 2 aliphatic heterocycles. The highest BCUT2D eigenvalue weighted by Gasteiger charge is 2.21. The molecule has 2 atom stereocenters. The van der Waals surface area contributed by atoms with Crippen LogP contribution in [0.5, 0.6) is 0 Å². The molecule has 2 saturated heterocycles. The molecule has 112 valence electrons. The lowest BCUT2D eigenvalue weighted by Crippen LogP contribution is -2.52. The quantitative estimate of drug-likeness (QED) is 0.751. The van der Waals surface area contributed by atoms with Gasteiger partial charge in [-0.15, -0.1) is 0 Å². The average Bonchev–Trinajstić information content (AvgIpc) is 2.93. The van der Waals surface area contributed by atoms with Gasteiger partial charge in [-0.3, -0.25) is 4.90 Å². The largest absolute Gasteiger partial charge is 0.377 e. The smallest absolute Gasteiger partial charge is 0.0700 e. The summed E-state index contributed by atoms with van der Waals surface area (Å²) in [7, 11) is 0. The van der Waals surface area contributed by atoms with Crippen LogP contribution in [0.2, 0.25) is 0 Å². The Morgan fingerprint density at radius 2 is 2.05 bits per heavy atom. The fraction of sp³-hybridized carbons (Fsp3) is 1.00. The standard InChI is InChI=1S/C15H31N3O/c1-3-6-17-7-9-18(10-8-17)14(2)12-16-13-15-5-4-11-19-15/h14-16H,3-13H2,1-2H3. The van der Waals surface area contributed by atoms with E-state index in [0.29, 0.717) is 12.1 Å². The van der Waals surface area contributed by atoms with Gasteiger partial charge >= 0.3 is 0 Å². The average molecular weight is 269 g/mol. The maximum absolute atomic E-state index is 5.64. The molecule has 19 heavy (non-hydrogen) atoms. The van der Waals surface area contributed by atoms with Crippen LogP contribution in [-0.2, 0) is 4.74 Å². The Labute approximate surface area is 118 Å². The summed E-state index contributed by atoms with van der Waals surface area (Å²) in [6.45, 7) is 13.9. The maximum Gasteiger partial charge on any atom is 0.0700 e. The van der Waals surface area contributed by atoms with E-state index < -0.39 is 0 Å². The van der Waals surface area contributed by atoms with Gasteiger partial charge in [0.05, 0.1) is 6.10 Å². The molecule has 0 aliphatic carbocycles. The van der Waals surface area contributed by atoms with E-state index in [2.05, 4.69) is 29.0 Å². The molecule has 4 heteroatoms.